The van der Waals surface area contributed by atoms with Crippen molar-refractivity contribution in [1.29, 1.82) is 0 Å². The van der Waals surface area contributed by atoms with Gasteiger partial charge in [-0.3, -0.25) is 4.79 Å². The van der Waals surface area contributed by atoms with E-state index in [4.69, 9.17) is 4.74 Å². The second kappa shape index (κ2) is 23.1. The molecule has 0 saturated carbocycles. The van der Waals surface area contributed by atoms with Gasteiger partial charge in [0, 0.05) is 6.42 Å². The summed E-state index contributed by atoms with van der Waals surface area (Å²) in [6, 6.07) is 0. The third kappa shape index (κ3) is 24.6. The van der Waals surface area contributed by atoms with Crippen molar-refractivity contribution in [2.75, 3.05) is 6.61 Å². The fourth-order valence-electron chi connectivity index (χ4n) is 3.30. The van der Waals surface area contributed by atoms with Crippen LogP contribution in [0.15, 0.2) is 48.1 Å². The van der Waals surface area contributed by atoms with Crippen molar-refractivity contribution in [2.24, 2.45) is 5.92 Å². The molecule has 2 nitrogen and oxygen atoms in total. The lowest BCUT2D eigenvalue weighted by atomic mass is 10.0. The smallest absolute Gasteiger partial charge is 0.305 e. The summed E-state index contributed by atoms with van der Waals surface area (Å²) in [5, 5.41) is 0. The van der Waals surface area contributed by atoms with Crippen molar-refractivity contribution in [3.63, 3.8) is 0 Å². The van der Waals surface area contributed by atoms with Gasteiger partial charge in [-0.2, -0.15) is 0 Å². The SMILES string of the molecule is CCCCC\C=C/C=C/C=C\CCCCCCCC(=O)OCCC(C)CCC=C(C)C. The Balaban J connectivity index is 3.46. The van der Waals surface area contributed by atoms with E-state index in [0.717, 1.165) is 32.1 Å². The van der Waals surface area contributed by atoms with Crippen molar-refractivity contribution < 1.29 is 9.53 Å². The summed E-state index contributed by atoms with van der Waals surface area (Å²) >= 11 is 0. The van der Waals surface area contributed by atoms with Gasteiger partial charge in [-0.15, -0.1) is 0 Å². The van der Waals surface area contributed by atoms with Gasteiger partial charge in [-0.05, 0) is 71.1 Å². The highest BCUT2D eigenvalue weighted by Gasteiger charge is 2.05. The largest absolute Gasteiger partial charge is 0.466 e. The lowest BCUT2D eigenvalue weighted by Gasteiger charge is -2.10. The van der Waals surface area contributed by atoms with Gasteiger partial charge >= 0.3 is 5.97 Å². The molecule has 0 spiro atoms. The third-order valence-electron chi connectivity index (χ3n) is 5.42. The van der Waals surface area contributed by atoms with E-state index in [2.05, 4.69) is 70.2 Å². The fraction of sp³-hybridized carbons (Fsp3) is 0.690. The number of hydrogen-bond donors (Lipinski definition) is 0. The summed E-state index contributed by atoms with van der Waals surface area (Å²) in [5.41, 5.74) is 1.38. The predicted octanol–water partition coefficient (Wildman–Crippen LogP) is 9.28. The minimum Gasteiger partial charge on any atom is -0.466 e. The number of esters is 1. The molecule has 2 heteroatoms. The molecule has 0 rings (SSSR count). The van der Waals surface area contributed by atoms with Gasteiger partial charge in [-0.1, -0.05) is 94.1 Å². The Morgan fingerprint density at radius 2 is 1.39 bits per heavy atom. The van der Waals surface area contributed by atoms with Crippen LogP contribution in [0.1, 0.15) is 118 Å². The van der Waals surface area contributed by atoms with Gasteiger partial charge in [0.05, 0.1) is 6.61 Å². The van der Waals surface area contributed by atoms with Crippen LogP contribution >= 0.6 is 0 Å². The standard InChI is InChI=1S/C29H50O2/c1-5-6-7-8-9-10-11-12-13-14-15-16-17-18-19-20-24-29(30)31-26-25-28(4)23-21-22-27(2)3/h9-14,22,28H,5-8,15-21,23-26H2,1-4H3/b10-9-,12-11+,14-13-. The topological polar surface area (TPSA) is 26.3 Å². The van der Waals surface area contributed by atoms with Crippen LogP contribution in [0.3, 0.4) is 0 Å². The molecule has 0 aliphatic carbocycles. The highest BCUT2D eigenvalue weighted by molar-refractivity contribution is 5.69. The zero-order valence-electron chi connectivity index (χ0n) is 21.0. The van der Waals surface area contributed by atoms with E-state index in [1.807, 2.05) is 0 Å². The minimum absolute atomic E-state index is 0.0226. The first-order chi connectivity index (χ1) is 15.1. The summed E-state index contributed by atoms with van der Waals surface area (Å²) in [6.07, 6.45) is 31.2. The molecule has 0 N–H and O–H groups in total. The molecule has 0 saturated heterocycles. The number of ether oxygens (including phenoxy) is 1. The van der Waals surface area contributed by atoms with E-state index in [9.17, 15) is 4.79 Å². The molecule has 0 radical (unpaired) electrons. The van der Waals surface area contributed by atoms with Crippen LogP contribution in [0.5, 0.6) is 0 Å². The Bertz CT molecular complexity index is 521. The molecule has 1 unspecified atom stereocenters. The van der Waals surface area contributed by atoms with Crippen LogP contribution in [-0.4, -0.2) is 12.6 Å². The molecule has 31 heavy (non-hydrogen) atoms. The molecule has 0 aliphatic rings. The van der Waals surface area contributed by atoms with Crippen LogP contribution in [0.2, 0.25) is 0 Å². The summed E-state index contributed by atoms with van der Waals surface area (Å²) < 4.78 is 5.39. The highest BCUT2D eigenvalue weighted by Crippen LogP contribution is 2.13. The molecular formula is C29H50O2. The maximum absolute atomic E-state index is 11.8. The summed E-state index contributed by atoms with van der Waals surface area (Å²) in [5.74, 6) is 0.589. The first kappa shape index (κ1) is 29.4. The minimum atomic E-state index is -0.0226. The quantitative estimate of drug-likeness (QED) is 0.0832. The van der Waals surface area contributed by atoms with E-state index in [1.54, 1.807) is 0 Å². The van der Waals surface area contributed by atoms with Crippen molar-refractivity contribution in [3.05, 3.63) is 48.1 Å². The molecule has 1 atom stereocenters. The van der Waals surface area contributed by atoms with E-state index in [1.165, 1.54) is 56.9 Å². The number of carbonyl (C=O) groups excluding carboxylic acids is 1. The Kier molecular flexibility index (Phi) is 21.9. The number of allylic oxidation sites excluding steroid dienone is 8. The van der Waals surface area contributed by atoms with Gasteiger partial charge < -0.3 is 4.74 Å². The first-order valence-corrected chi connectivity index (χ1v) is 12.8. The average molecular weight is 431 g/mol. The third-order valence-corrected chi connectivity index (χ3v) is 5.42. The lowest BCUT2D eigenvalue weighted by molar-refractivity contribution is -0.144. The van der Waals surface area contributed by atoms with Crippen molar-refractivity contribution in [1.82, 2.24) is 0 Å². The Labute approximate surface area is 193 Å². The Morgan fingerprint density at radius 3 is 2.03 bits per heavy atom. The molecule has 0 heterocycles. The van der Waals surface area contributed by atoms with Gasteiger partial charge in [-0.25, -0.2) is 0 Å². The van der Waals surface area contributed by atoms with Gasteiger partial charge in [0.1, 0.15) is 0 Å². The predicted molar refractivity (Wildman–Crippen MR) is 137 cm³/mol. The van der Waals surface area contributed by atoms with E-state index in [-0.39, 0.29) is 5.97 Å². The van der Waals surface area contributed by atoms with Crippen molar-refractivity contribution in [2.45, 2.75) is 118 Å². The maximum Gasteiger partial charge on any atom is 0.305 e. The van der Waals surface area contributed by atoms with E-state index in [0.29, 0.717) is 18.9 Å². The zero-order chi connectivity index (χ0) is 23.0. The summed E-state index contributed by atoms with van der Waals surface area (Å²) in [4.78, 5) is 11.8. The Morgan fingerprint density at radius 1 is 0.774 bits per heavy atom. The van der Waals surface area contributed by atoms with Crippen LogP contribution in [0, 0.1) is 5.92 Å². The molecule has 178 valence electrons. The average Bonchev–Trinajstić information content (AvgIpc) is 2.73. The Hall–Kier alpha value is -1.57. The number of carbonyl (C=O) groups is 1. The molecular weight excluding hydrogens is 380 g/mol. The van der Waals surface area contributed by atoms with Crippen molar-refractivity contribution in [3.8, 4) is 0 Å². The van der Waals surface area contributed by atoms with Crippen LogP contribution in [-0.2, 0) is 9.53 Å². The molecule has 0 fully saturated rings. The molecule has 0 amide bonds. The van der Waals surface area contributed by atoms with E-state index >= 15 is 0 Å². The zero-order valence-corrected chi connectivity index (χ0v) is 21.0. The maximum atomic E-state index is 11.8. The molecule has 0 bridgehead atoms. The van der Waals surface area contributed by atoms with Gasteiger partial charge in [0.2, 0.25) is 0 Å². The number of hydrogen-bond acceptors (Lipinski definition) is 2. The van der Waals surface area contributed by atoms with Crippen LogP contribution < -0.4 is 0 Å². The molecule has 0 aliphatic heterocycles. The normalized spacial score (nSPS) is 12.8. The second-order valence-corrected chi connectivity index (χ2v) is 9.02. The highest BCUT2D eigenvalue weighted by atomic mass is 16.5. The van der Waals surface area contributed by atoms with Gasteiger partial charge in [0.15, 0.2) is 0 Å². The summed E-state index contributed by atoms with van der Waals surface area (Å²) in [7, 11) is 0. The fourth-order valence-corrected chi connectivity index (χ4v) is 3.30. The number of unbranched alkanes of at least 4 members (excludes halogenated alkanes) is 8. The van der Waals surface area contributed by atoms with Crippen LogP contribution in [0.4, 0.5) is 0 Å². The monoisotopic (exact) mass is 430 g/mol. The molecule has 0 aromatic rings. The van der Waals surface area contributed by atoms with Crippen molar-refractivity contribution >= 4 is 5.97 Å². The van der Waals surface area contributed by atoms with Crippen LogP contribution in [0.25, 0.3) is 0 Å². The lowest BCUT2D eigenvalue weighted by Crippen LogP contribution is -2.08. The van der Waals surface area contributed by atoms with Gasteiger partial charge in [0.25, 0.3) is 0 Å². The molecule has 0 aromatic heterocycles. The summed E-state index contributed by atoms with van der Waals surface area (Å²) in [6.45, 7) is 9.33. The van der Waals surface area contributed by atoms with E-state index < -0.39 is 0 Å². The second-order valence-electron chi connectivity index (χ2n) is 9.02. The number of rotatable bonds is 20. The molecule has 0 aromatic carbocycles. The first-order valence-electron chi connectivity index (χ1n) is 12.8.